The largest absolute Gasteiger partial charge is 0.496 e. The average Bonchev–Trinajstić information content (AvgIpc) is 2.76. The highest BCUT2D eigenvalue weighted by atomic mass is 35.5. The maximum absolute atomic E-state index is 6.40. The van der Waals surface area contributed by atoms with Crippen molar-refractivity contribution >= 4 is 11.6 Å². The fourth-order valence-electron chi connectivity index (χ4n) is 1.89. The molecule has 17 heavy (non-hydrogen) atoms. The zero-order chi connectivity index (χ0) is 12.3. The summed E-state index contributed by atoms with van der Waals surface area (Å²) in [5.74, 6) is 1.75. The Kier molecular flexibility index (Phi) is 3.75. The standard InChI is InChI=1S/C14H15ClO2/c1-10-12(7-8-17-10)13(15)9-11-5-3-4-6-14(11)16-2/h3-8,13H,9H2,1-2H3. The lowest BCUT2D eigenvalue weighted by molar-refractivity contribution is 0.409. The van der Waals surface area contributed by atoms with Crippen molar-refractivity contribution in [3.8, 4) is 5.75 Å². The van der Waals surface area contributed by atoms with Crippen LogP contribution in [0.2, 0.25) is 0 Å². The third kappa shape index (κ3) is 2.64. The maximum Gasteiger partial charge on any atom is 0.122 e. The van der Waals surface area contributed by atoms with Crippen LogP contribution in [0.5, 0.6) is 5.75 Å². The summed E-state index contributed by atoms with van der Waals surface area (Å²) in [6, 6.07) is 9.84. The minimum absolute atomic E-state index is 0.0925. The Bertz CT molecular complexity index is 490. The van der Waals surface area contributed by atoms with E-state index in [0.717, 1.165) is 29.1 Å². The van der Waals surface area contributed by atoms with E-state index in [1.165, 1.54) is 0 Å². The first-order valence-electron chi connectivity index (χ1n) is 5.52. The summed E-state index contributed by atoms with van der Waals surface area (Å²) in [5, 5.41) is -0.0925. The van der Waals surface area contributed by atoms with E-state index in [-0.39, 0.29) is 5.38 Å². The highest BCUT2D eigenvalue weighted by Crippen LogP contribution is 2.31. The van der Waals surface area contributed by atoms with Crippen molar-refractivity contribution in [2.45, 2.75) is 18.7 Å². The minimum Gasteiger partial charge on any atom is -0.496 e. The highest BCUT2D eigenvalue weighted by molar-refractivity contribution is 6.21. The Morgan fingerprint density at radius 1 is 1.29 bits per heavy atom. The fraction of sp³-hybridized carbons (Fsp3) is 0.286. The molecule has 3 heteroatoms. The summed E-state index contributed by atoms with van der Waals surface area (Å²) in [7, 11) is 1.67. The van der Waals surface area contributed by atoms with E-state index in [1.54, 1.807) is 13.4 Å². The first-order chi connectivity index (χ1) is 8.22. The van der Waals surface area contributed by atoms with Gasteiger partial charge in [0.25, 0.3) is 0 Å². The number of benzene rings is 1. The van der Waals surface area contributed by atoms with E-state index in [0.29, 0.717) is 0 Å². The molecule has 0 saturated heterocycles. The summed E-state index contributed by atoms with van der Waals surface area (Å²) in [6.07, 6.45) is 2.40. The van der Waals surface area contributed by atoms with Crippen LogP contribution < -0.4 is 4.74 Å². The second-order valence-corrected chi connectivity index (χ2v) is 4.44. The molecule has 0 bridgehead atoms. The molecule has 1 aromatic carbocycles. The molecule has 1 unspecified atom stereocenters. The third-order valence-corrected chi connectivity index (χ3v) is 3.22. The van der Waals surface area contributed by atoms with Crippen LogP contribution in [0.15, 0.2) is 41.0 Å². The van der Waals surface area contributed by atoms with E-state index >= 15 is 0 Å². The van der Waals surface area contributed by atoms with Gasteiger partial charge >= 0.3 is 0 Å². The van der Waals surface area contributed by atoms with Gasteiger partial charge in [-0.3, -0.25) is 0 Å². The number of rotatable bonds is 4. The molecular weight excluding hydrogens is 236 g/mol. The fourth-order valence-corrected chi connectivity index (χ4v) is 2.29. The summed E-state index contributed by atoms with van der Waals surface area (Å²) in [5.41, 5.74) is 2.15. The molecule has 90 valence electrons. The van der Waals surface area contributed by atoms with Crippen LogP contribution in [-0.4, -0.2) is 7.11 Å². The van der Waals surface area contributed by atoms with Gasteiger partial charge in [-0.15, -0.1) is 11.6 Å². The Hall–Kier alpha value is -1.41. The monoisotopic (exact) mass is 250 g/mol. The molecule has 2 rings (SSSR count). The lowest BCUT2D eigenvalue weighted by Crippen LogP contribution is -1.98. The molecule has 1 aromatic heterocycles. The van der Waals surface area contributed by atoms with E-state index < -0.39 is 0 Å². The van der Waals surface area contributed by atoms with Crippen LogP contribution in [0.1, 0.15) is 22.3 Å². The lowest BCUT2D eigenvalue weighted by Gasteiger charge is -2.12. The second-order valence-electron chi connectivity index (χ2n) is 3.92. The number of halogens is 1. The molecule has 0 fully saturated rings. The summed E-state index contributed by atoms with van der Waals surface area (Å²) in [6.45, 7) is 1.92. The number of furan rings is 1. The van der Waals surface area contributed by atoms with Crippen molar-refractivity contribution in [2.75, 3.05) is 7.11 Å². The molecule has 2 aromatic rings. The van der Waals surface area contributed by atoms with Crippen molar-refractivity contribution in [3.05, 3.63) is 53.5 Å². The number of ether oxygens (including phenoxy) is 1. The van der Waals surface area contributed by atoms with Crippen LogP contribution in [-0.2, 0) is 6.42 Å². The van der Waals surface area contributed by atoms with Crippen molar-refractivity contribution in [1.29, 1.82) is 0 Å². The molecule has 0 radical (unpaired) electrons. The number of alkyl halides is 1. The maximum atomic E-state index is 6.40. The topological polar surface area (TPSA) is 22.4 Å². The molecule has 0 spiro atoms. The Balaban J connectivity index is 2.18. The Morgan fingerprint density at radius 3 is 2.71 bits per heavy atom. The van der Waals surface area contributed by atoms with Crippen molar-refractivity contribution in [1.82, 2.24) is 0 Å². The number of hydrogen-bond acceptors (Lipinski definition) is 2. The first kappa shape index (κ1) is 12.1. The van der Waals surface area contributed by atoms with Gasteiger partial charge in [0.05, 0.1) is 18.8 Å². The van der Waals surface area contributed by atoms with Crippen molar-refractivity contribution in [2.24, 2.45) is 0 Å². The van der Waals surface area contributed by atoms with Crippen LogP contribution in [0.25, 0.3) is 0 Å². The van der Waals surface area contributed by atoms with Gasteiger partial charge in [0, 0.05) is 5.56 Å². The quantitative estimate of drug-likeness (QED) is 0.762. The van der Waals surface area contributed by atoms with Gasteiger partial charge in [-0.2, -0.15) is 0 Å². The summed E-state index contributed by atoms with van der Waals surface area (Å²) in [4.78, 5) is 0. The minimum atomic E-state index is -0.0925. The van der Waals surface area contributed by atoms with Gasteiger partial charge in [-0.25, -0.2) is 0 Å². The highest BCUT2D eigenvalue weighted by Gasteiger charge is 2.15. The SMILES string of the molecule is COc1ccccc1CC(Cl)c1ccoc1C. The van der Waals surface area contributed by atoms with Gasteiger partial charge in [0.1, 0.15) is 11.5 Å². The van der Waals surface area contributed by atoms with E-state index in [9.17, 15) is 0 Å². The lowest BCUT2D eigenvalue weighted by atomic mass is 10.0. The second kappa shape index (κ2) is 5.28. The van der Waals surface area contributed by atoms with Crippen LogP contribution >= 0.6 is 11.6 Å². The predicted octanol–water partition coefficient (Wildman–Crippen LogP) is 4.12. The normalized spacial score (nSPS) is 12.4. The molecule has 2 nitrogen and oxygen atoms in total. The first-order valence-corrected chi connectivity index (χ1v) is 5.96. The van der Waals surface area contributed by atoms with E-state index in [4.69, 9.17) is 20.8 Å². The average molecular weight is 251 g/mol. The number of aryl methyl sites for hydroxylation is 1. The van der Waals surface area contributed by atoms with Gasteiger partial charge in [-0.05, 0) is 31.0 Å². The van der Waals surface area contributed by atoms with Crippen molar-refractivity contribution in [3.63, 3.8) is 0 Å². The van der Waals surface area contributed by atoms with Gasteiger partial charge in [-0.1, -0.05) is 18.2 Å². The molecule has 0 aliphatic heterocycles. The molecule has 0 aliphatic carbocycles. The van der Waals surface area contributed by atoms with E-state index in [2.05, 4.69) is 0 Å². The van der Waals surface area contributed by atoms with Crippen LogP contribution in [0, 0.1) is 6.92 Å². The number of hydrogen-bond donors (Lipinski definition) is 0. The number of methoxy groups -OCH3 is 1. The van der Waals surface area contributed by atoms with Gasteiger partial charge in [0.2, 0.25) is 0 Å². The molecule has 1 heterocycles. The number of para-hydroxylation sites is 1. The Morgan fingerprint density at radius 2 is 2.06 bits per heavy atom. The molecule has 0 aliphatic rings. The zero-order valence-corrected chi connectivity index (χ0v) is 10.7. The summed E-state index contributed by atoms with van der Waals surface area (Å²) >= 11 is 6.40. The van der Waals surface area contributed by atoms with E-state index in [1.807, 2.05) is 37.3 Å². The summed E-state index contributed by atoms with van der Waals surface area (Å²) < 4.78 is 10.6. The van der Waals surface area contributed by atoms with Gasteiger partial charge in [0.15, 0.2) is 0 Å². The van der Waals surface area contributed by atoms with Crippen LogP contribution in [0.4, 0.5) is 0 Å². The molecule has 0 saturated carbocycles. The molecule has 0 N–H and O–H groups in total. The smallest absolute Gasteiger partial charge is 0.122 e. The molecular formula is C14H15ClO2. The van der Waals surface area contributed by atoms with Crippen molar-refractivity contribution < 1.29 is 9.15 Å². The molecule has 0 amide bonds. The predicted molar refractivity (Wildman–Crippen MR) is 68.7 cm³/mol. The van der Waals surface area contributed by atoms with Crippen LogP contribution in [0.3, 0.4) is 0 Å². The molecule has 1 atom stereocenters. The van der Waals surface area contributed by atoms with Gasteiger partial charge < -0.3 is 9.15 Å². The third-order valence-electron chi connectivity index (χ3n) is 2.83. The zero-order valence-electron chi connectivity index (χ0n) is 9.94. The Labute approximate surface area is 106 Å².